The smallest absolute Gasteiger partial charge is 0.407 e. The quantitative estimate of drug-likeness (QED) is 0.634. The van der Waals surface area contributed by atoms with Crippen molar-refractivity contribution < 1.29 is 28.0 Å². The summed E-state index contributed by atoms with van der Waals surface area (Å²) in [5.41, 5.74) is -0.659. The van der Waals surface area contributed by atoms with Crippen LogP contribution in [0.5, 0.6) is 0 Å². The second-order valence-corrected chi connectivity index (χ2v) is 7.10. The molecule has 2 heterocycles. The van der Waals surface area contributed by atoms with Crippen molar-refractivity contribution in [2.24, 2.45) is 7.05 Å². The van der Waals surface area contributed by atoms with Gasteiger partial charge in [0.15, 0.2) is 0 Å². The second-order valence-electron chi connectivity index (χ2n) is 7.10. The van der Waals surface area contributed by atoms with Crippen molar-refractivity contribution in [2.75, 3.05) is 13.6 Å². The second kappa shape index (κ2) is 8.00. The Hall–Kier alpha value is -2.20. The molecule has 3 atom stereocenters. The van der Waals surface area contributed by atoms with Crippen LogP contribution in [0.25, 0.3) is 0 Å². The topological polar surface area (TPSA) is 118 Å². The molecule has 1 saturated heterocycles. The van der Waals surface area contributed by atoms with Crippen LogP contribution in [0.4, 0.5) is 10.5 Å². The summed E-state index contributed by atoms with van der Waals surface area (Å²) >= 11 is 0. The van der Waals surface area contributed by atoms with Crippen molar-refractivity contribution >= 4 is 11.8 Å². The molecule has 1 N–H and O–H groups in total. The van der Waals surface area contributed by atoms with Crippen LogP contribution < -0.4 is 5.32 Å². The molecule has 1 aliphatic heterocycles. The predicted molar refractivity (Wildman–Crippen MR) is 91.7 cm³/mol. The number of nitrogens with zero attached hydrogens (tertiary/aromatic N) is 3. The van der Waals surface area contributed by atoms with Gasteiger partial charge in [0.05, 0.1) is 21.7 Å². The Kier molecular flexibility index (Phi) is 4.93. The lowest BCUT2D eigenvalue weighted by atomic mass is 10.0. The predicted octanol–water partition coefficient (Wildman–Crippen LogP) is 2.09. The summed E-state index contributed by atoms with van der Waals surface area (Å²) in [5, 5.41) is 17.8. The van der Waals surface area contributed by atoms with Crippen molar-refractivity contribution in [1.29, 1.82) is 0 Å². The Morgan fingerprint density at radius 3 is 2.88 bits per heavy atom. The van der Waals surface area contributed by atoms with Gasteiger partial charge in [-0.15, -0.1) is 0 Å². The molecule has 0 bridgehead atoms. The lowest BCUT2D eigenvalue weighted by Gasteiger charge is -2.26. The number of hydrogen-bond donors (Lipinski definition) is 1. The van der Waals surface area contributed by atoms with Crippen LogP contribution in [0.1, 0.15) is 49.5 Å². The number of nitro groups is 1. The van der Waals surface area contributed by atoms with Gasteiger partial charge in [-0.2, -0.15) is 5.10 Å². The Bertz CT molecular complexity index is 746. The summed E-state index contributed by atoms with van der Waals surface area (Å²) < 4.78 is 39.6. The summed E-state index contributed by atoms with van der Waals surface area (Å²) in [6, 6.07) is -0.720. The van der Waals surface area contributed by atoms with Gasteiger partial charge in [-0.05, 0) is 33.6 Å². The first-order chi connectivity index (χ1) is 13.3. The van der Waals surface area contributed by atoms with Gasteiger partial charge in [-0.3, -0.25) is 14.8 Å². The van der Waals surface area contributed by atoms with Gasteiger partial charge in [0.25, 0.3) is 0 Å². The van der Waals surface area contributed by atoms with E-state index in [1.54, 1.807) is 27.8 Å². The first kappa shape index (κ1) is 16.0. The minimum atomic E-state index is -2.71. The average molecular weight is 373 g/mol. The number of methoxy groups -OCH3 is 1. The number of carbonyl (C=O) groups is 1. The van der Waals surface area contributed by atoms with Crippen LogP contribution in [-0.4, -0.2) is 52.2 Å². The monoisotopic (exact) mass is 373 g/mol. The average Bonchev–Trinajstić information content (AvgIpc) is 2.82. The normalized spacial score (nSPS) is 26.2. The maximum atomic E-state index is 12.2. The first-order valence-electron chi connectivity index (χ1n) is 9.72. The molecule has 0 aliphatic carbocycles. The molecule has 1 aromatic heterocycles. The number of hydrogen-bond acceptors (Lipinski definition) is 7. The lowest BCUT2D eigenvalue weighted by molar-refractivity contribution is -0.386. The summed E-state index contributed by atoms with van der Waals surface area (Å²) in [6.45, 7) is 4.93. The Morgan fingerprint density at radius 1 is 1.54 bits per heavy atom. The maximum Gasteiger partial charge on any atom is 0.407 e. The van der Waals surface area contributed by atoms with Gasteiger partial charge in [0.2, 0.25) is 0 Å². The van der Waals surface area contributed by atoms with E-state index in [0.29, 0.717) is 0 Å². The van der Waals surface area contributed by atoms with Gasteiger partial charge >= 0.3 is 11.8 Å². The third-order valence-electron chi connectivity index (χ3n) is 3.97. The lowest BCUT2D eigenvalue weighted by Crippen LogP contribution is -2.46. The highest BCUT2D eigenvalue weighted by Crippen LogP contribution is 2.33. The zero-order valence-electron chi connectivity index (χ0n) is 18.2. The van der Waals surface area contributed by atoms with Crippen LogP contribution >= 0.6 is 0 Å². The van der Waals surface area contributed by atoms with E-state index in [4.69, 9.17) is 18.3 Å². The van der Waals surface area contributed by atoms with Crippen molar-refractivity contribution in [1.82, 2.24) is 15.1 Å². The molecule has 1 aromatic rings. The highest BCUT2D eigenvalue weighted by atomic mass is 16.6. The summed E-state index contributed by atoms with van der Waals surface area (Å²) in [4.78, 5) is 22.9. The van der Waals surface area contributed by atoms with Gasteiger partial charge in [-0.25, -0.2) is 4.79 Å². The van der Waals surface area contributed by atoms with E-state index in [-0.39, 0.29) is 30.8 Å². The Balaban J connectivity index is 2.22. The Morgan fingerprint density at radius 2 is 2.27 bits per heavy atom. The highest BCUT2D eigenvalue weighted by Gasteiger charge is 2.35. The van der Waals surface area contributed by atoms with Gasteiger partial charge in [0, 0.05) is 14.1 Å². The van der Waals surface area contributed by atoms with Gasteiger partial charge in [0.1, 0.15) is 29.7 Å². The number of aryl methyl sites for hydroxylation is 1. The number of alkyl carbamates (subject to hydrolysis) is 1. The molecule has 1 unspecified atom stereocenters. The minimum absolute atomic E-state index is 0.189. The standard InChI is InChI=1S/C16H26N4O6/c1-16(2,3)26-15(21)18-10-6-7-12(25-9-13(10)24-5)14-11(20(22)23)8-17-19(14)4/h8,10,12-13H,6-7,9H2,1-5H3,(H,18,21)/t10-,12?,13-/m0/s1/i5D3. The molecule has 0 spiro atoms. The molecular weight excluding hydrogens is 344 g/mol. The van der Waals surface area contributed by atoms with E-state index in [0.717, 1.165) is 6.20 Å². The molecular formula is C16H26N4O6. The molecule has 10 heteroatoms. The van der Waals surface area contributed by atoms with Crippen molar-refractivity contribution in [3.05, 3.63) is 22.0 Å². The van der Waals surface area contributed by atoms with E-state index in [1.807, 2.05) is 0 Å². The molecule has 0 saturated carbocycles. The zero-order valence-corrected chi connectivity index (χ0v) is 15.2. The summed E-state index contributed by atoms with van der Waals surface area (Å²) in [7, 11) is -1.15. The van der Waals surface area contributed by atoms with Crippen LogP contribution in [0.15, 0.2) is 6.20 Å². The van der Waals surface area contributed by atoms with Crippen LogP contribution in [0.3, 0.4) is 0 Å². The van der Waals surface area contributed by atoms with Crippen LogP contribution in [-0.2, 0) is 21.3 Å². The fraction of sp³-hybridized carbons (Fsp3) is 0.750. The Labute approximate surface area is 156 Å². The zero-order chi connectivity index (χ0) is 22.0. The number of aromatic nitrogens is 2. The highest BCUT2D eigenvalue weighted by molar-refractivity contribution is 5.68. The molecule has 2 rings (SSSR count). The van der Waals surface area contributed by atoms with Crippen molar-refractivity contribution in [3.8, 4) is 0 Å². The van der Waals surface area contributed by atoms with E-state index in [2.05, 4.69) is 10.4 Å². The fourth-order valence-electron chi connectivity index (χ4n) is 2.83. The van der Waals surface area contributed by atoms with Crippen molar-refractivity contribution in [2.45, 2.75) is 57.5 Å². The summed E-state index contributed by atoms with van der Waals surface area (Å²) in [6.07, 6.45) is -0.750. The van der Waals surface area contributed by atoms with Crippen molar-refractivity contribution in [3.63, 3.8) is 0 Å². The van der Waals surface area contributed by atoms with Crippen LogP contribution in [0, 0.1) is 10.1 Å². The third-order valence-corrected chi connectivity index (χ3v) is 3.97. The molecule has 146 valence electrons. The minimum Gasteiger partial charge on any atom is -0.444 e. The molecule has 0 aromatic carbocycles. The van der Waals surface area contributed by atoms with E-state index >= 15 is 0 Å². The fourth-order valence-corrected chi connectivity index (χ4v) is 2.83. The molecule has 1 aliphatic rings. The number of ether oxygens (including phenoxy) is 3. The maximum absolute atomic E-state index is 12.2. The number of carbonyl (C=O) groups excluding carboxylic acids is 1. The SMILES string of the molecule is [2H]C([2H])([2H])O[C@H]1COC(c2c([N+](=O)[O-])cnn2C)CC[C@@H]1NC(=O)OC(C)(C)C. The van der Waals surface area contributed by atoms with Crippen LogP contribution in [0.2, 0.25) is 0 Å². The first-order valence-corrected chi connectivity index (χ1v) is 8.22. The molecule has 26 heavy (non-hydrogen) atoms. The number of amides is 1. The molecule has 0 radical (unpaired) electrons. The number of nitrogens with one attached hydrogen (secondary N) is 1. The van der Waals surface area contributed by atoms with E-state index < -0.39 is 41.9 Å². The van der Waals surface area contributed by atoms with Gasteiger partial charge < -0.3 is 19.5 Å². The number of rotatable bonds is 4. The molecule has 1 amide bonds. The van der Waals surface area contributed by atoms with E-state index in [1.165, 1.54) is 4.68 Å². The van der Waals surface area contributed by atoms with E-state index in [9.17, 15) is 14.9 Å². The molecule has 1 fully saturated rings. The third kappa shape index (κ3) is 4.92. The molecule has 10 nitrogen and oxygen atoms in total. The summed E-state index contributed by atoms with van der Waals surface area (Å²) in [5.74, 6) is 0. The van der Waals surface area contributed by atoms with Gasteiger partial charge in [-0.1, -0.05) is 0 Å². The largest absolute Gasteiger partial charge is 0.444 e.